The fourth-order valence-electron chi connectivity index (χ4n) is 2.45. The van der Waals surface area contributed by atoms with Gasteiger partial charge < -0.3 is 23.7 Å². The van der Waals surface area contributed by atoms with Gasteiger partial charge in [0.1, 0.15) is 18.3 Å². The predicted molar refractivity (Wildman–Crippen MR) is 67.7 cm³/mol. The molecule has 2 aliphatic heterocycles. The van der Waals surface area contributed by atoms with Gasteiger partial charge in [0.05, 0.1) is 12.6 Å². The van der Waals surface area contributed by atoms with Crippen molar-refractivity contribution in [2.45, 2.75) is 63.6 Å². The third kappa shape index (κ3) is 3.11. The summed E-state index contributed by atoms with van der Waals surface area (Å²) in [7, 11) is 0. The van der Waals surface area contributed by atoms with Crippen molar-refractivity contribution in [2.75, 3.05) is 6.61 Å². The molecule has 112 valence electrons. The summed E-state index contributed by atoms with van der Waals surface area (Å²) in [6.45, 7) is 7.15. The lowest BCUT2D eigenvalue weighted by molar-refractivity contribution is -0.298. The molecule has 0 aliphatic carbocycles. The number of rotatable bonds is 3. The lowest BCUT2D eigenvalue weighted by Gasteiger charge is -2.41. The molecule has 0 N–H and O–H groups in total. The van der Waals surface area contributed by atoms with Crippen LogP contribution in [-0.4, -0.2) is 48.8 Å². The first kappa shape index (κ1) is 15.2. The van der Waals surface area contributed by atoms with Gasteiger partial charge in [0.15, 0.2) is 17.9 Å². The van der Waals surface area contributed by atoms with Crippen molar-refractivity contribution in [1.29, 1.82) is 0 Å². The van der Waals surface area contributed by atoms with Crippen LogP contribution in [0.2, 0.25) is 0 Å². The smallest absolute Gasteiger partial charge is 0.164 e. The van der Waals surface area contributed by atoms with Gasteiger partial charge in [0, 0.05) is 4.91 Å². The van der Waals surface area contributed by atoms with E-state index in [1.165, 1.54) is 0 Å². The number of ether oxygens (including phenoxy) is 4. The Morgan fingerprint density at radius 3 is 2.40 bits per heavy atom. The zero-order valence-electron chi connectivity index (χ0n) is 12.0. The zero-order chi connectivity index (χ0) is 15.0. The van der Waals surface area contributed by atoms with E-state index in [2.05, 4.69) is 10.0 Å². The number of aldehydes is 1. The Hall–Kier alpha value is -1.18. The second kappa shape index (κ2) is 5.31. The Morgan fingerprint density at radius 2 is 1.80 bits per heavy atom. The molecular formula is C12H19N3O5. The van der Waals surface area contributed by atoms with Gasteiger partial charge in [-0.25, -0.2) is 0 Å². The summed E-state index contributed by atoms with van der Waals surface area (Å²) < 4.78 is 22.5. The van der Waals surface area contributed by atoms with Gasteiger partial charge in [0.25, 0.3) is 0 Å². The van der Waals surface area contributed by atoms with Crippen molar-refractivity contribution in [3.05, 3.63) is 10.4 Å². The summed E-state index contributed by atoms with van der Waals surface area (Å²) in [5, 5.41) is 3.67. The van der Waals surface area contributed by atoms with E-state index in [0.717, 1.165) is 0 Å². The topological polar surface area (TPSA) is 103 Å². The van der Waals surface area contributed by atoms with Crippen LogP contribution in [0.1, 0.15) is 27.7 Å². The van der Waals surface area contributed by atoms with Crippen molar-refractivity contribution >= 4 is 6.29 Å². The SMILES string of the molecule is CC1(C)OC[C@@H](N=[N+]=[N-])[C@H]([C@@H]2OC(C)(C)O[C@@H]2C=O)O1. The molecule has 2 fully saturated rings. The fraction of sp³-hybridized carbons (Fsp3) is 0.917. The van der Waals surface area contributed by atoms with Crippen molar-refractivity contribution in [3.8, 4) is 0 Å². The van der Waals surface area contributed by atoms with E-state index in [9.17, 15) is 4.79 Å². The second-order valence-corrected chi connectivity index (χ2v) is 5.77. The quantitative estimate of drug-likeness (QED) is 0.338. The molecule has 0 aromatic rings. The maximum atomic E-state index is 11.2. The first-order chi connectivity index (χ1) is 9.28. The van der Waals surface area contributed by atoms with Gasteiger partial charge in [-0.1, -0.05) is 5.11 Å². The molecule has 0 spiro atoms. The van der Waals surface area contributed by atoms with Gasteiger partial charge in [-0.15, -0.1) is 0 Å². The van der Waals surface area contributed by atoms with Crippen LogP contribution in [0.5, 0.6) is 0 Å². The molecule has 8 heteroatoms. The van der Waals surface area contributed by atoms with Crippen LogP contribution in [0.25, 0.3) is 10.4 Å². The van der Waals surface area contributed by atoms with Crippen molar-refractivity contribution in [3.63, 3.8) is 0 Å². The molecule has 2 saturated heterocycles. The zero-order valence-corrected chi connectivity index (χ0v) is 12.0. The number of hydrogen-bond acceptors (Lipinski definition) is 6. The average molecular weight is 285 g/mol. The summed E-state index contributed by atoms with van der Waals surface area (Å²) in [5.74, 6) is -1.72. The third-order valence-electron chi connectivity index (χ3n) is 3.22. The molecule has 2 heterocycles. The third-order valence-corrected chi connectivity index (χ3v) is 3.22. The highest BCUT2D eigenvalue weighted by Gasteiger charge is 2.51. The van der Waals surface area contributed by atoms with E-state index in [-0.39, 0.29) is 6.61 Å². The Bertz CT molecular complexity index is 433. The molecule has 0 aromatic carbocycles. The van der Waals surface area contributed by atoms with E-state index in [1.54, 1.807) is 27.7 Å². The number of nitrogens with zero attached hydrogens (tertiary/aromatic N) is 3. The molecule has 2 rings (SSSR count). The largest absolute Gasteiger partial charge is 0.350 e. The summed E-state index contributed by atoms with van der Waals surface area (Å²) in [6, 6.07) is -0.571. The lowest BCUT2D eigenvalue weighted by Crippen LogP contribution is -2.55. The number of carbonyl (C=O) groups is 1. The highest BCUT2D eigenvalue weighted by atomic mass is 16.8. The average Bonchev–Trinajstić information content (AvgIpc) is 2.67. The first-order valence-electron chi connectivity index (χ1n) is 6.45. The lowest BCUT2D eigenvalue weighted by atomic mass is 10.0. The van der Waals surface area contributed by atoms with Gasteiger partial charge in [-0.2, -0.15) is 0 Å². The van der Waals surface area contributed by atoms with Crippen molar-refractivity contribution in [1.82, 2.24) is 0 Å². The van der Waals surface area contributed by atoms with E-state index >= 15 is 0 Å². The van der Waals surface area contributed by atoms with Gasteiger partial charge in [-0.3, -0.25) is 0 Å². The Labute approximate surface area is 116 Å². The van der Waals surface area contributed by atoms with E-state index in [4.69, 9.17) is 24.5 Å². The minimum absolute atomic E-state index is 0.202. The highest BCUT2D eigenvalue weighted by Crippen LogP contribution is 2.35. The van der Waals surface area contributed by atoms with Crippen LogP contribution in [0.3, 0.4) is 0 Å². The minimum atomic E-state index is -0.886. The molecule has 2 aliphatic rings. The summed E-state index contributed by atoms with van der Waals surface area (Å²) >= 11 is 0. The second-order valence-electron chi connectivity index (χ2n) is 5.77. The molecule has 0 unspecified atom stereocenters. The number of hydrogen-bond donors (Lipinski definition) is 0. The molecule has 0 amide bonds. The van der Waals surface area contributed by atoms with Crippen molar-refractivity contribution in [2.24, 2.45) is 5.11 Å². The van der Waals surface area contributed by atoms with E-state index in [0.29, 0.717) is 6.29 Å². The highest BCUT2D eigenvalue weighted by molar-refractivity contribution is 5.58. The molecule has 0 saturated carbocycles. The number of carbonyl (C=O) groups excluding carboxylic acids is 1. The maximum Gasteiger partial charge on any atom is 0.164 e. The van der Waals surface area contributed by atoms with Gasteiger partial charge in [0.2, 0.25) is 0 Å². The summed E-state index contributed by atoms with van der Waals surface area (Å²) in [5.41, 5.74) is 8.64. The Balaban J connectivity index is 2.25. The van der Waals surface area contributed by atoms with Crippen LogP contribution in [-0.2, 0) is 23.7 Å². The van der Waals surface area contributed by atoms with E-state index in [1.807, 2.05) is 0 Å². The fourth-order valence-corrected chi connectivity index (χ4v) is 2.45. The van der Waals surface area contributed by atoms with Crippen LogP contribution >= 0.6 is 0 Å². The van der Waals surface area contributed by atoms with Gasteiger partial charge >= 0.3 is 0 Å². The van der Waals surface area contributed by atoms with Crippen LogP contribution in [0.4, 0.5) is 0 Å². The number of azide groups is 1. The Kier molecular flexibility index (Phi) is 4.04. The minimum Gasteiger partial charge on any atom is -0.350 e. The van der Waals surface area contributed by atoms with Crippen LogP contribution in [0.15, 0.2) is 5.11 Å². The molecule has 4 atom stereocenters. The summed E-state index contributed by atoms with van der Waals surface area (Å²) in [4.78, 5) is 14.0. The molecule has 0 bridgehead atoms. The summed E-state index contributed by atoms with van der Waals surface area (Å²) in [6.07, 6.45) is -1.33. The molecule has 20 heavy (non-hydrogen) atoms. The molecular weight excluding hydrogens is 266 g/mol. The van der Waals surface area contributed by atoms with Crippen molar-refractivity contribution < 1.29 is 23.7 Å². The molecule has 0 aromatic heterocycles. The molecule has 8 nitrogen and oxygen atoms in total. The molecule has 0 radical (unpaired) electrons. The van der Waals surface area contributed by atoms with Crippen LogP contribution in [0, 0.1) is 0 Å². The monoisotopic (exact) mass is 285 g/mol. The maximum absolute atomic E-state index is 11.2. The van der Waals surface area contributed by atoms with Gasteiger partial charge in [-0.05, 0) is 33.2 Å². The Morgan fingerprint density at radius 1 is 1.15 bits per heavy atom. The van der Waals surface area contributed by atoms with E-state index < -0.39 is 35.9 Å². The predicted octanol–water partition coefficient (Wildman–Crippen LogP) is 1.54. The first-order valence-corrected chi connectivity index (χ1v) is 6.45. The van der Waals surface area contributed by atoms with Crippen LogP contribution < -0.4 is 0 Å². The normalized spacial score (nSPS) is 39.0. The standard InChI is InChI=1S/C12H19N3O5/c1-11(2)17-6-7(14-15-13)9(19-11)10-8(5-16)18-12(3,4)20-10/h5,7-10H,6H2,1-4H3/t7-,8-,9-,10-/m1/s1.